The van der Waals surface area contributed by atoms with Crippen LogP contribution in [0.5, 0.6) is 0 Å². The number of halogens is 1. The van der Waals surface area contributed by atoms with Gasteiger partial charge in [0.25, 0.3) is 0 Å². The van der Waals surface area contributed by atoms with Crippen molar-refractivity contribution in [3.63, 3.8) is 0 Å². The number of nitrogens with one attached hydrogen (secondary N) is 2. The van der Waals surface area contributed by atoms with Crippen molar-refractivity contribution in [2.75, 3.05) is 18.2 Å². The molecule has 0 unspecified atom stereocenters. The summed E-state index contributed by atoms with van der Waals surface area (Å²) in [7, 11) is 1.11. The number of allylic oxidation sites excluding steroid dienone is 1. The standard InChI is InChI=1S/C23H20FN3O4S/c1-13-7-9-14(10-8-13)26-18(28)12-32-22-16(11-25)19(15-5-3-4-6-17(15)24)20(21(29)27-22)23(30)31-2/h3-10,19-20H,12H2,1-2H3,(H,26,28)(H,27,29)/t19-,20-/m0/s1. The number of carbonyl (C=O) groups excluding carboxylic acids is 3. The fourth-order valence-corrected chi connectivity index (χ4v) is 4.20. The van der Waals surface area contributed by atoms with Gasteiger partial charge in [0.15, 0.2) is 0 Å². The minimum Gasteiger partial charge on any atom is -0.468 e. The maximum atomic E-state index is 14.6. The van der Waals surface area contributed by atoms with Crippen LogP contribution in [0.4, 0.5) is 10.1 Å². The number of hydrogen-bond donors (Lipinski definition) is 2. The highest BCUT2D eigenvalue weighted by Gasteiger charge is 2.45. The van der Waals surface area contributed by atoms with Crippen LogP contribution in [-0.2, 0) is 19.1 Å². The number of anilines is 1. The van der Waals surface area contributed by atoms with Crippen molar-refractivity contribution in [2.24, 2.45) is 5.92 Å². The van der Waals surface area contributed by atoms with Crippen LogP contribution in [0.15, 0.2) is 59.1 Å². The number of aryl methyl sites for hydroxylation is 1. The zero-order valence-corrected chi connectivity index (χ0v) is 18.2. The Labute approximate surface area is 188 Å². The number of methoxy groups -OCH3 is 1. The number of carbonyl (C=O) groups is 3. The first-order valence-corrected chi connectivity index (χ1v) is 10.6. The average Bonchev–Trinajstić information content (AvgIpc) is 2.78. The molecule has 0 saturated carbocycles. The molecule has 0 spiro atoms. The smallest absolute Gasteiger partial charge is 0.319 e. The summed E-state index contributed by atoms with van der Waals surface area (Å²) < 4.78 is 19.3. The van der Waals surface area contributed by atoms with Crippen molar-refractivity contribution in [3.05, 3.63) is 76.1 Å². The Bertz CT molecular complexity index is 1120. The van der Waals surface area contributed by atoms with Crippen LogP contribution in [0.2, 0.25) is 0 Å². The Morgan fingerprint density at radius 3 is 2.53 bits per heavy atom. The minimum absolute atomic E-state index is 0.0155. The van der Waals surface area contributed by atoms with Gasteiger partial charge in [-0.15, -0.1) is 0 Å². The van der Waals surface area contributed by atoms with Gasteiger partial charge in [0.2, 0.25) is 11.8 Å². The van der Waals surface area contributed by atoms with E-state index in [2.05, 4.69) is 10.6 Å². The summed E-state index contributed by atoms with van der Waals surface area (Å²) in [6, 6.07) is 14.8. The summed E-state index contributed by atoms with van der Waals surface area (Å²) in [5.74, 6) is -5.34. The van der Waals surface area contributed by atoms with Gasteiger partial charge in [-0.1, -0.05) is 47.7 Å². The van der Waals surface area contributed by atoms with Gasteiger partial charge < -0.3 is 15.4 Å². The second kappa shape index (κ2) is 10.1. The van der Waals surface area contributed by atoms with E-state index >= 15 is 0 Å². The highest BCUT2D eigenvalue weighted by Crippen LogP contribution is 2.41. The van der Waals surface area contributed by atoms with Gasteiger partial charge in [-0.3, -0.25) is 14.4 Å². The Hall–Kier alpha value is -3.64. The number of nitrogens with zero attached hydrogens (tertiary/aromatic N) is 1. The van der Waals surface area contributed by atoms with Gasteiger partial charge in [-0.2, -0.15) is 5.26 Å². The second-order valence-electron chi connectivity index (χ2n) is 7.05. The fourth-order valence-electron chi connectivity index (χ4n) is 3.35. The Morgan fingerprint density at radius 1 is 1.22 bits per heavy atom. The lowest BCUT2D eigenvalue weighted by molar-refractivity contribution is -0.150. The Balaban J connectivity index is 1.89. The SMILES string of the molecule is COC(=O)[C@@H]1C(=O)NC(SCC(=O)Nc2ccc(C)cc2)=C(C#N)[C@@H]1c1ccccc1F. The molecule has 0 aliphatic carbocycles. The van der Waals surface area contributed by atoms with Gasteiger partial charge in [0.1, 0.15) is 11.7 Å². The van der Waals surface area contributed by atoms with Crippen molar-refractivity contribution in [1.82, 2.24) is 5.32 Å². The molecule has 9 heteroatoms. The molecule has 1 aliphatic rings. The molecule has 164 valence electrons. The van der Waals surface area contributed by atoms with Crippen molar-refractivity contribution in [1.29, 1.82) is 5.26 Å². The number of rotatable bonds is 6. The third-order valence-electron chi connectivity index (χ3n) is 4.91. The molecule has 0 fully saturated rings. The third-order valence-corrected chi connectivity index (χ3v) is 5.92. The van der Waals surface area contributed by atoms with Crippen LogP contribution >= 0.6 is 11.8 Å². The first-order valence-electron chi connectivity index (χ1n) is 9.62. The van der Waals surface area contributed by atoms with Crippen LogP contribution < -0.4 is 10.6 Å². The van der Waals surface area contributed by atoms with Crippen molar-refractivity contribution >= 4 is 35.2 Å². The quantitative estimate of drug-likeness (QED) is 0.514. The molecule has 32 heavy (non-hydrogen) atoms. The van der Waals surface area contributed by atoms with Gasteiger partial charge in [0.05, 0.1) is 29.5 Å². The van der Waals surface area contributed by atoms with E-state index in [0.717, 1.165) is 24.4 Å². The monoisotopic (exact) mass is 453 g/mol. The van der Waals surface area contributed by atoms with E-state index in [1.165, 1.54) is 18.2 Å². The Kier molecular flexibility index (Phi) is 7.28. The summed E-state index contributed by atoms with van der Waals surface area (Å²) in [5.41, 5.74) is 1.67. The van der Waals surface area contributed by atoms with E-state index in [0.29, 0.717) is 5.69 Å². The molecule has 0 radical (unpaired) electrons. The highest BCUT2D eigenvalue weighted by molar-refractivity contribution is 8.03. The molecule has 0 aromatic heterocycles. The van der Waals surface area contributed by atoms with E-state index in [1.807, 2.05) is 25.1 Å². The third kappa shape index (κ3) is 4.98. The zero-order chi connectivity index (χ0) is 23.3. The molecule has 0 saturated heterocycles. The number of thioether (sulfide) groups is 1. The van der Waals surface area contributed by atoms with E-state index < -0.39 is 29.5 Å². The molecule has 1 aliphatic heterocycles. The van der Waals surface area contributed by atoms with Gasteiger partial charge in [-0.05, 0) is 30.7 Å². The number of hydrogen-bond acceptors (Lipinski definition) is 6. The summed E-state index contributed by atoms with van der Waals surface area (Å²) in [4.78, 5) is 37.4. The Morgan fingerprint density at radius 2 is 1.91 bits per heavy atom. The molecular weight excluding hydrogens is 433 g/mol. The predicted octanol–water partition coefficient (Wildman–Crippen LogP) is 3.24. The highest BCUT2D eigenvalue weighted by atomic mass is 32.2. The van der Waals surface area contributed by atoms with Gasteiger partial charge in [0, 0.05) is 11.6 Å². The fraction of sp³-hybridized carbons (Fsp3) is 0.217. The summed E-state index contributed by atoms with van der Waals surface area (Å²) in [5, 5.41) is 15.2. The molecule has 2 aromatic carbocycles. The van der Waals surface area contributed by atoms with E-state index in [1.54, 1.807) is 18.2 Å². The van der Waals surface area contributed by atoms with E-state index in [-0.39, 0.29) is 27.8 Å². The summed E-state index contributed by atoms with van der Waals surface area (Å²) >= 11 is 0.929. The van der Waals surface area contributed by atoms with Gasteiger partial charge >= 0.3 is 5.97 Å². The molecule has 2 aromatic rings. The normalized spacial score (nSPS) is 17.9. The summed E-state index contributed by atoms with van der Waals surface area (Å²) in [6.45, 7) is 1.93. The number of benzene rings is 2. The lowest BCUT2D eigenvalue weighted by atomic mass is 9.78. The van der Waals surface area contributed by atoms with Gasteiger partial charge in [-0.25, -0.2) is 4.39 Å². The first kappa shape index (κ1) is 23.0. The summed E-state index contributed by atoms with van der Waals surface area (Å²) in [6.07, 6.45) is 0. The van der Waals surface area contributed by atoms with Crippen LogP contribution in [-0.4, -0.2) is 30.6 Å². The molecule has 0 bridgehead atoms. The molecule has 7 nitrogen and oxygen atoms in total. The molecule has 2 atom stereocenters. The predicted molar refractivity (Wildman–Crippen MR) is 118 cm³/mol. The molecule has 2 N–H and O–H groups in total. The van der Waals surface area contributed by atoms with E-state index in [9.17, 15) is 24.0 Å². The number of amides is 2. The number of nitriles is 1. The number of esters is 1. The topological polar surface area (TPSA) is 108 Å². The average molecular weight is 453 g/mol. The molecule has 2 amide bonds. The van der Waals surface area contributed by atoms with Crippen LogP contribution in [0.3, 0.4) is 0 Å². The maximum Gasteiger partial charge on any atom is 0.319 e. The van der Waals surface area contributed by atoms with Crippen molar-refractivity contribution in [2.45, 2.75) is 12.8 Å². The second-order valence-corrected chi connectivity index (χ2v) is 8.03. The van der Waals surface area contributed by atoms with Crippen molar-refractivity contribution in [3.8, 4) is 6.07 Å². The molecule has 1 heterocycles. The maximum absolute atomic E-state index is 14.6. The van der Waals surface area contributed by atoms with Crippen LogP contribution in [0.25, 0.3) is 0 Å². The largest absolute Gasteiger partial charge is 0.468 e. The molecule has 3 rings (SSSR count). The number of ether oxygens (including phenoxy) is 1. The lowest BCUT2D eigenvalue weighted by Crippen LogP contribution is -2.44. The molecular formula is C23H20FN3O4S. The lowest BCUT2D eigenvalue weighted by Gasteiger charge is -2.31. The zero-order valence-electron chi connectivity index (χ0n) is 17.3. The van der Waals surface area contributed by atoms with E-state index in [4.69, 9.17) is 4.74 Å². The van der Waals surface area contributed by atoms with Crippen LogP contribution in [0, 0.1) is 30.0 Å². The minimum atomic E-state index is -1.43. The first-order chi connectivity index (χ1) is 15.3. The van der Waals surface area contributed by atoms with Crippen molar-refractivity contribution < 1.29 is 23.5 Å². The van der Waals surface area contributed by atoms with Crippen LogP contribution in [0.1, 0.15) is 17.0 Å².